The monoisotopic (exact) mass is 368 g/mol. The van der Waals surface area contributed by atoms with Crippen LogP contribution in [0.3, 0.4) is 0 Å². The van der Waals surface area contributed by atoms with Gasteiger partial charge in [-0.2, -0.15) is 0 Å². The highest BCUT2D eigenvalue weighted by molar-refractivity contribution is 6.21. The maximum Gasteiger partial charge on any atom is 0.261 e. The Morgan fingerprint density at radius 2 is 1.68 bits per heavy atom. The molecule has 0 atom stereocenters. The Morgan fingerprint density at radius 1 is 0.893 bits per heavy atom. The van der Waals surface area contributed by atoms with E-state index >= 15 is 0 Å². The summed E-state index contributed by atoms with van der Waals surface area (Å²) in [6.07, 6.45) is 0. The smallest absolute Gasteiger partial charge is 0.261 e. The van der Waals surface area contributed by atoms with Gasteiger partial charge in [0.1, 0.15) is 5.52 Å². The molecule has 0 radical (unpaired) electrons. The molecule has 1 aromatic heterocycles. The molecule has 5 heteroatoms. The van der Waals surface area contributed by atoms with Gasteiger partial charge in [0.15, 0.2) is 5.58 Å². The van der Waals surface area contributed by atoms with Crippen LogP contribution in [0.2, 0.25) is 0 Å². The summed E-state index contributed by atoms with van der Waals surface area (Å²) < 4.78 is 5.83. The molecular formula is C23H16N2O3. The fraction of sp³-hybridized carbons (Fsp3) is 0.0870. The molecule has 2 amide bonds. The number of carbonyl (C=O) groups excluding carboxylic acids is 2. The molecule has 1 aliphatic rings. The van der Waals surface area contributed by atoms with E-state index in [4.69, 9.17) is 4.42 Å². The molecule has 136 valence electrons. The molecule has 5 nitrogen and oxygen atoms in total. The lowest BCUT2D eigenvalue weighted by Crippen LogP contribution is -2.29. The number of aryl methyl sites for hydroxylation is 1. The molecule has 1 aliphatic heterocycles. The number of fused-ring (bicyclic) bond motifs is 2. The molecule has 0 bridgehead atoms. The molecule has 0 unspecified atom stereocenters. The van der Waals surface area contributed by atoms with E-state index in [-0.39, 0.29) is 18.4 Å². The van der Waals surface area contributed by atoms with Crippen molar-refractivity contribution in [1.82, 2.24) is 9.88 Å². The van der Waals surface area contributed by atoms with Crippen LogP contribution in [0.4, 0.5) is 0 Å². The van der Waals surface area contributed by atoms with E-state index in [1.54, 1.807) is 18.2 Å². The highest BCUT2D eigenvalue weighted by atomic mass is 16.3. The highest BCUT2D eigenvalue weighted by Crippen LogP contribution is 2.31. The number of aromatic nitrogens is 1. The molecular weight excluding hydrogens is 352 g/mol. The van der Waals surface area contributed by atoms with Gasteiger partial charge >= 0.3 is 0 Å². The van der Waals surface area contributed by atoms with Gasteiger partial charge in [0.2, 0.25) is 5.89 Å². The van der Waals surface area contributed by atoms with E-state index in [2.05, 4.69) is 4.98 Å². The number of hydrogen-bond acceptors (Lipinski definition) is 4. The van der Waals surface area contributed by atoms with Crippen molar-refractivity contribution in [1.29, 1.82) is 0 Å². The normalized spacial score (nSPS) is 13.4. The zero-order chi connectivity index (χ0) is 19.3. The first kappa shape index (κ1) is 16.4. The van der Waals surface area contributed by atoms with E-state index in [0.29, 0.717) is 28.2 Å². The number of benzene rings is 3. The minimum Gasteiger partial charge on any atom is -0.436 e. The maximum atomic E-state index is 12.9. The molecule has 4 aromatic rings. The molecule has 0 N–H and O–H groups in total. The maximum absolute atomic E-state index is 12.9. The minimum atomic E-state index is -0.294. The molecule has 0 saturated heterocycles. The lowest BCUT2D eigenvalue weighted by Gasteiger charge is -2.13. The molecule has 28 heavy (non-hydrogen) atoms. The van der Waals surface area contributed by atoms with Gasteiger partial charge in [-0.3, -0.25) is 14.5 Å². The molecule has 0 spiro atoms. The summed E-state index contributed by atoms with van der Waals surface area (Å²) in [7, 11) is 0. The summed E-state index contributed by atoms with van der Waals surface area (Å²) in [5.74, 6) is -0.133. The molecule has 5 rings (SSSR count). The van der Waals surface area contributed by atoms with Crippen molar-refractivity contribution in [3.8, 4) is 11.5 Å². The van der Waals surface area contributed by atoms with Gasteiger partial charge < -0.3 is 4.42 Å². The summed E-state index contributed by atoms with van der Waals surface area (Å²) in [5.41, 5.74) is 4.94. The van der Waals surface area contributed by atoms with Crippen LogP contribution in [0.15, 0.2) is 71.1 Å². The minimum absolute atomic E-state index is 0.255. The molecule has 0 fully saturated rings. The molecule has 0 saturated carbocycles. The second kappa shape index (κ2) is 6.16. The standard InChI is InChI=1S/C23H16N2O3/c1-14-7-10-20-19(11-14)24-21(28-20)16-8-9-17-18(12-16)23(27)25(22(17)26)13-15-5-3-2-4-6-15/h2-12H,13H2,1H3. The average molecular weight is 368 g/mol. The second-order valence-electron chi connectivity index (χ2n) is 6.93. The quantitative estimate of drug-likeness (QED) is 0.496. The third kappa shape index (κ3) is 2.60. The van der Waals surface area contributed by atoms with Crippen LogP contribution in [0.25, 0.3) is 22.6 Å². The van der Waals surface area contributed by atoms with E-state index in [1.165, 1.54) is 4.90 Å². The van der Waals surface area contributed by atoms with Crippen LogP contribution >= 0.6 is 0 Å². The third-order valence-corrected chi connectivity index (χ3v) is 4.94. The van der Waals surface area contributed by atoms with Gasteiger partial charge in [-0.15, -0.1) is 0 Å². The van der Waals surface area contributed by atoms with Crippen LogP contribution in [-0.4, -0.2) is 21.7 Å². The first-order valence-electron chi connectivity index (χ1n) is 9.02. The van der Waals surface area contributed by atoms with Gasteiger partial charge in [-0.25, -0.2) is 4.98 Å². The van der Waals surface area contributed by atoms with Crippen LogP contribution in [0.1, 0.15) is 31.8 Å². The van der Waals surface area contributed by atoms with Gasteiger partial charge in [0.25, 0.3) is 11.8 Å². The highest BCUT2D eigenvalue weighted by Gasteiger charge is 2.35. The summed E-state index contributed by atoms with van der Waals surface area (Å²) in [6, 6.07) is 20.4. The van der Waals surface area contributed by atoms with Gasteiger partial charge in [0.05, 0.1) is 17.7 Å². The Balaban J connectivity index is 1.51. The van der Waals surface area contributed by atoms with Gasteiger partial charge in [0, 0.05) is 5.56 Å². The van der Waals surface area contributed by atoms with Crippen molar-refractivity contribution in [2.45, 2.75) is 13.5 Å². The predicted octanol–water partition coefficient (Wildman–Crippen LogP) is 4.60. The Morgan fingerprint density at radius 3 is 2.50 bits per heavy atom. The number of nitrogens with zero attached hydrogens (tertiary/aromatic N) is 2. The average Bonchev–Trinajstić information content (AvgIpc) is 3.23. The first-order chi connectivity index (χ1) is 13.6. The van der Waals surface area contributed by atoms with E-state index in [9.17, 15) is 9.59 Å². The largest absolute Gasteiger partial charge is 0.436 e. The summed E-state index contributed by atoms with van der Waals surface area (Å²) in [4.78, 5) is 31.4. The lowest BCUT2D eigenvalue weighted by atomic mass is 10.1. The number of hydrogen-bond donors (Lipinski definition) is 0. The van der Waals surface area contributed by atoms with Crippen LogP contribution in [0, 0.1) is 6.92 Å². The van der Waals surface area contributed by atoms with Gasteiger partial charge in [-0.05, 0) is 48.4 Å². The Bertz CT molecular complexity index is 1240. The SMILES string of the molecule is Cc1ccc2oc(-c3ccc4c(c3)C(=O)N(Cc3ccccc3)C4=O)nc2c1. The van der Waals surface area contributed by atoms with Crippen LogP contribution < -0.4 is 0 Å². The summed E-state index contributed by atoms with van der Waals surface area (Å²) >= 11 is 0. The van der Waals surface area contributed by atoms with E-state index in [0.717, 1.165) is 16.6 Å². The fourth-order valence-electron chi connectivity index (χ4n) is 3.49. The molecule has 2 heterocycles. The van der Waals surface area contributed by atoms with Crippen molar-refractivity contribution in [2.75, 3.05) is 0 Å². The van der Waals surface area contributed by atoms with Gasteiger partial charge in [-0.1, -0.05) is 36.4 Å². The zero-order valence-corrected chi connectivity index (χ0v) is 15.2. The van der Waals surface area contributed by atoms with Crippen molar-refractivity contribution >= 4 is 22.9 Å². The Kier molecular flexibility index (Phi) is 3.62. The first-order valence-corrected chi connectivity index (χ1v) is 9.02. The summed E-state index contributed by atoms with van der Waals surface area (Å²) in [6.45, 7) is 2.25. The number of carbonyl (C=O) groups is 2. The molecule has 0 aliphatic carbocycles. The van der Waals surface area contributed by atoms with Crippen molar-refractivity contribution in [2.24, 2.45) is 0 Å². The topological polar surface area (TPSA) is 63.4 Å². The number of amides is 2. The van der Waals surface area contributed by atoms with E-state index in [1.807, 2.05) is 55.5 Å². The Labute approximate surface area is 161 Å². The second-order valence-corrected chi connectivity index (χ2v) is 6.93. The van der Waals surface area contributed by atoms with E-state index < -0.39 is 0 Å². The number of oxazole rings is 1. The van der Waals surface area contributed by atoms with Crippen molar-refractivity contribution in [3.05, 3.63) is 89.0 Å². The van der Waals surface area contributed by atoms with Crippen molar-refractivity contribution in [3.63, 3.8) is 0 Å². The molecule has 3 aromatic carbocycles. The van der Waals surface area contributed by atoms with Crippen molar-refractivity contribution < 1.29 is 14.0 Å². The predicted molar refractivity (Wildman–Crippen MR) is 105 cm³/mol. The number of imide groups is 1. The Hall–Kier alpha value is -3.73. The summed E-state index contributed by atoms with van der Waals surface area (Å²) in [5, 5.41) is 0. The fourth-order valence-corrected chi connectivity index (χ4v) is 3.49. The third-order valence-electron chi connectivity index (χ3n) is 4.94. The van der Waals surface area contributed by atoms with Crippen LogP contribution in [0.5, 0.6) is 0 Å². The van der Waals surface area contributed by atoms with Crippen LogP contribution in [-0.2, 0) is 6.54 Å². The number of rotatable bonds is 3. The lowest BCUT2D eigenvalue weighted by molar-refractivity contribution is 0.0642. The zero-order valence-electron chi connectivity index (χ0n) is 15.2.